The number of nitriles is 1. The molecule has 2 aromatic rings. The molecule has 3 nitrogen and oxygen atoms in total. The molecule has 0 aliphatic rings. The van der Waals surface area contributed by atoms with Gasteiger partial charge in [0.2, 0.25) is 0 Å². The summed E-state index contributed by atoms with van der Waals surface area (Å²) in [7, 11) is 1.95. The number of hydrogen-bond acceptors (Lipinski definition) is 2. The van der Waals surface area contributed by atoms with E-state index in [-0.39, 0.29) is 0 Å². The number of aryl methyl sites for hydroxylation is 1. The van der Waals surface area contributed by atoms with Crippen LogP contribution in [-0.2, 0) is 19.9 Å². The highest BCUT2D eigenvalue weighted by atomic mass is 79.9. The standard InChI is InChI=1S/C14H14BrN3/c1-3-10-4-6-11(7-5-10)14-17-12(8-9-16)13(15)18(14)2/h4-7H,3,8H2,1-2H3. The molecule has 0 aliphatic heterocycles. The zero-order valence-electron chi connectivity index (χ0n) is 10.4. The van der Waals surface area contributed by atoms with Crippen molar-refractivity contribution in [3.05, 3.63) is 40.1 Å². The van der Waals surface area contributed by atoms with E-state index in [1.807, 2.05) is 11.6 Å². The maximum Gasteiger partial charge on any atom is 0.140 e. The van der Waals surface area contributed by atoms with Gasteiger partial charge in [0.05, 0.1) is 18.2 Å². The largest absolute Gasteiger partial charge is 0.322 e. The van der Waals surface area contributed by atoms with E-state index >= 15 is 0 Å². The summed E-state index contributed by atoms with van der Waals surface area (Å²) < 4.78 is 2.84. The van der Waals surface area contributed by atoms with E-state index in [2.05, 4.69) is 58.2 Å². The Balaban J connectivity index is 2.44. The first-order chi connectivity index (χ1) is 8.67. The van der Waals surface area contributed by atoms with Crippen LogP contribution >= 0.6 is 15.9 Å². The molecule has 0 spiro atoms. The Labute approximate surface area is 115 Å². The first kappa shape index (κ1) is 12.8. The first-order valence-corrected chi connectivity index (χ1v) is 6.64. The number of benzene rings is 1. The average molecular weight is 304 g/mol. The van der Waals surface area contributed by atoms with Gasteiger partial charge in [-0.1, -0.05) is 31.2 Å². The summed E-state index contributed by atoms with van der Waals surface area (Å²) in [5, 5.41) is 8.76. The molecule has 0 saturated carbocycles. The fraction of sp³-hybridized carbons (Fsp3) is 0.286. The van der Waals surface area contributed by atoms with Crippen LogP contribution < -0.4 is 0 Å². The van der Waals surface area contributed by atoms with E-state index in [0.29, 0.717) is 6.42 Å². The fourth-order valence-electron chi connectivity index (χ4n) is 1.87. The maximum absolute atomic E-state index is 8.76. The Morgan fingerprint density at radius 1 is 1.33 bits per heavy atom. The minimum atomic E-state index is 0.321. The second kappa shape index (κ2) is 5.36. The topological polar surface area (TPSA) is 41.6 Å². The second-order valence-electron chi connectivity index (χ2n) is 4.12. The molecular weight excluding hydrogens is 290 g/mol. The summed E-state index contributed by atoms with van der Waals surface area (Å²) >= 11 is 3.48. The minimum absolute atomic E-state index is 0.321. The number of imidazole rings is 1. The van der Waals surface area contributed by atoms with Crippen molar-refractivity contribution in [3.63, 3.8) is 0 Å². The van der Waals surface area contributed by atoms with E-state index < -0.39 is 0 Å². The van der Waals surface area contributed by atoms with Crippen LogP contribution in [0.15, 0.2) is 28.9 Å². The van der Waals surface area contributed by atoms with Gasteiger partial charge in [-0.2, -0.15) is 5.26 Å². The third-order valence-electron chi connectivity index (χ3n) is 2.96. The zero-order chi connectivity index (χ0) is 13.1. The molecular formula is C14H14BrN3. The van der Waals surface area contributed by atoms with Crippen LogP contribution in [0, 0.1) is 11.3 Å². The van der Waals surface area contributed by atoms with E-state index in [9.17, 15) is 0 Å². The second-order valence-corrected chi connectivity index (χ2v) is 4.87. The third-order valence-corrected chi connectivity index (χ3v) is 3.95. The van der Waals surface area contributed by atoms with Crippen LogP contribution in [0.3, 0.4) is 0 Å². The molecule has 0 N–H and O–H groups in total. The van der Waals surface area contributed by atoms with E-state index in [4.69, 9.17) is 5.26 Å². The van der Waals surface area contributed by atoms with Crippen LogP contribution in [0.1, 0.15) is 18.2 Å². The Morgan fingerprint density at radius 2 is 2.00 bits per heavy atom. The molecule has 0 radical (unpaired) electrons. The summed E-state index contributed by atoms with van der Waals surface area (Å²) in [5.41, 5.74) is 3.17. The molecule has 2 rings (SSSR count). The average Bonchev–Trinajstić information content (AvgIpc) is 2.68. The van der Waals surface area contributed by atoms with Gasteiger partial charge in [-0.05, 0) is 27.9 Å². The number of halogens is 1. The van der Waals surface area contributed by atoms with Crippen LogP contribution in [0.25, 0.3) is 11.4 Å². The normalized spacial score (nSPS) is 10.3. The lowest BCUT2D eigenvalue weighted by Crippen LogP contribution is -1.93. The Hall–Kier alpha value is -1.60. The van der Waals surface area contributed by atoms with Crippen LogP contribution in [0.5, 0.6) is 0 Å². The SMILES string of the molecule is CCc1ccc(-c2nc(CC#N)c(Br)n2C)cc1. The van der Waals surface area contributed by atoms with Gasteiger partial charge < -0.3 is 4.57 Å². The molecule has 0 amide bonds. The lowest BCUT2D eigenvalue weighted by molar-refractivity contribution is 0.898. The Bertz CT molecular complexity index is 591. The number of rotatable bonds is 3. The molecule has 1 aromatic heterocycles. The van der Waals surface area contributed by atoms with Gasteiger partial charge in [-0.25, -0.2) is 4.98 Å². The quantitative estimate of drug-likeness (QED) is 0.871. The van der Waals surface area contributed by atoms with Gasteiger partial charge >= 0.3 is 0 Å². The monoisotopic (exact) mass is 303 g/mol. The molecule has 1 aromatic carbocycles. The molecule has 0 atom stereocenters. The smallest absolute Gasteiger partial charge is 0.140 e. The third kappa shape index (κ3) is 2.32. The number of hydrogen-bond donors (Lipinski definition) is 0. The van der Waals surface area contributed by atoms with Crippen molar-refractivity contribution in [2.24, 2.45) is 7.05 Å². The summed E-state index contributed by atoms with van der Waals surface area (Å²) in [6.45, 7) is 2.14. The van der Waals surface area contributed by atoms with Crippen molar-refractivity contribution in [2.45, 2.75) is 19.8 Å². The van der Waals surface area contributed by atoms with E-state index in [1.165, 1.54) is 5.56 Å². The number of aromatic nitrogens is 2. The van der Waals surface area contributed by atoms with Gasteiger partial charge in [-0.3, -0.25) is 0 Å². The molecule has 4 heteroatoms. The summed E-state index contributed by atoms with van der Waals surface area (Å²) in [4.78, 5) is 4.52. The highest BCUT2D eigenvalue weighted by Crippen LogP contribution is 2.25. The van der Waals surface area contributed by atoms with Gasteiger partial charge in [0, 0.05) is 12.6 Å². The zero-order valence-corrected chi connectivity index (χ0v) is 12.0. The molecule has 0 fully saturated rings. The van der Waals surface area contributed by atoms with Crippen LogP contribution in [0.2, 0.25) is 0 Å². The lowest BCUT2D eigenvalue weighted by atomic mass is 10.1. The van der Waals surface area contributed by atoms with Gasteiger partial charge in [0.1, 0.15) is 10.4 Å². The molecule has 0 bridgehead atoms. The molecule has 92 valence electrons. The molecule has 18 heavy (non-hydrogen) atoms. The highest BCUT2D eigenvalue weighted by molar-refractivity contribution is 9.10. The minimum Gasteiger partial charge on any atom is -0.322 e. The summed E-state index contributed by atoms with van der Waals surface area (Å²) in [5.74, 6) is 0.884. The first-order valence-electron chi connectivity index (χ1n) is 5.84. The molecule has 1 heterocycles. The van der Waals surface area contributed by atoms with Gasteiger partial charge in [0.15, 0.2) is 0 Å². The molecule has 0 saturated heterocycles. The van der Waals surface area contributed by atoms with Crippen molar-refractivity contribution < 1.29 is 0 Å². The van der Waals surface area contributed by atoms with Crippen molar-refractivity contribution in [2.75, 3.05) is 0 Å². The highest BCUT2D eigenvalue weighted by Gasteiger charge is 2.13. The van der Waals surface area contributed by atoms with Crippen LogP contribution in [-0.4, -0.2) is 9.55 Å². The summed E-state index contributed by atoms with van der Waals surface area (Å²) in [6, 6.07) is 10.5. The number of nitrogens with zero attached hydrogens (tertiary/aromatic N) is 3. The predicted molar refractivity (Wildman–Crippen MR) is 75.0 cm³/mol. The van der Waals surface area contributed by atoms with Crippen molar-refractivity contribution in [1.82, 2.24) is 9.55 Å². The van der Waals surface area contributed by atoms with Gasteiger partial charge in [0.25, 0.3) is 0 Å². The fourth-order valence-corrected chi connectivity index (χ4v) is 2.27. The van der Waals surface area contributed by atoms with Crippen LogP contribution in [0.4, 0.5) is 0 Å². The van der Waals surface area contributed by atoms with Crippen molar-refractivity contribution in [3.8, 4) is 17.5 Å². The summed E-state index contributed by atoms with van der Waals surface area (Å²) in [6.07, 6.45) is 1.35. The van der Waals surface area contributed by atoms with E-state index in [1.54, 1.807) is 0 Å². The Morgan fingerprint density at radius 3 is 2.56 bits per heavy atom. The molecule has 0 aliphatic carbocycles. The predicted octanol–water partition coefficient (Wildman–Crippen LogP) is 3.48. The van der Waals surface area contributed by atoms with E-state index in [0.717, 1.165) is 28.1 Å². The van der Waals surface area contributed by atoms with Gasteiger partial charge in [-0.15, -0.1) is 0 Å². The van der Waals surface area contributed by atoms with Crippen molar-refractivity contribution >= 4 is 15.9 Å². The van der Waals surface area contributed by atoms with Crippen molar-refractivity contribution in [1.29, 1.82) is 5.26 Å². The Kier molecular flexibility index (Phi) is 3.83. The maximum atomic E-state index is 8.76. The lowest BCUT2D eigenvalue weighted by Gasteiger charge is -2.03. The molecule has 0 unspecified atom stereocenters.